The van der Waals surface area contributed by atoms with Gasteiger partial charge in [0.1, 0.15) is 0 Å². The van der Waals surface area contributed by atoms with Crippen LogP contribution in [0.4, 0.5) is 0 Å². The number of rotatable bonds is 4. The van der Waals surface area contributed by atoms with Gasteiger partial charge in [0, 0.05) is 32.5 Å². The Morgan fingerprint density at radius 1 is 1.31 bits per heavy atom. The first-order valence-corrected chi connectivity index (χ1v) is 9.35. The molecule has 8 heteroatoms. The van der Waals surface area contributed by atoms with E-state index in [1.54, 1.807) is 19.5 Å². The van der Waals surface area contributed by atoms with E-state index in [9.17, 15) is 4.79 Å². The second kappa shape index (κ2) is 7.28. The molecule has 2 aliphatic heterocycles. The molecule has 4 heterocycles. The van der Waals surface area contributed by atoms with Gasteiger partial charge in [-0.25, -0.2) is 0 Å². The van der Waals surface area contributed by atoms with E-state index in [-0.39, 0.29) is 18.1 Å². The Balaban J connectivity index is 1.54. The van der Waals surface area contributed by atoms with Crippen molar-refractivity contribution >= 4 is 11.6 Å². The van der Waals surface area contributed by atoms with Crippen LogP contribution in [0.2, 0.25) is 0 Å². The second-order valence-electron chi connectivity index (χ2n) is 7.48. The molecule has 0 unspecified atom stereocenters. The van der Waals surface area contributed by atoms with Crippen LogP contribution < -0.4 is 0 Å². The van der Waals surface area contributed by atoms with Crippen LogP contribution in [0.25, 0.3) is 5.65 Å². The molecule has 2 fully saturated rings. The molecule has 4 rings (SSSR count). The highest BCUT2D eigenvalue weighted by atomic mass is 16.5. The maximum atomic E-state index is 13.1. The van der Waals surface area contributed by atoms with Crippen LogP contribution >= 0.6 is 0 Å². The summed E-state index contributed by atoms with van der Waals surface area (Å²) >= 11 is 0. The lowest BCUT2D eigenvalue weighted by Gasteiger charge is -2.32. The summed E-state index contributed by atoms with van der Waals surface area (Å²) in [5.41, 5.74) is 0.695. The number of amides is 1. The summed E-state index contributed by atoms with van der Waals surface area (Å²) in [4.78, 5) is 21.3. The van der Waals surface area contributed by atoms with E-state index in [1.165, 1.54) is 12.8 Å². The topological polar surface area (TPSA) is 75.9 Å². The average molecular weight is 358 g/mol. The lowest BCUT2D eigenvalue weighted by molar-refractivity contribution is -0.134. The predicted octanol–water partition coefficient (Wildman–Crippen LogP) is 1.14. The molecule has 26 heavy (non-hydrogen) atoms. The number of hydrogen-bond donors (Lipinski definition) is 0. The molecule has 140 valence electrons. The van der Waals surface area contributed by atoms with Crippen molar-refractivity contribution in [3.63, 3.8) is 0 Å². The Labute approximate surface area is 153 Å². The number of nitrogens with zero attached hydrogens (tertiary/aromatic N) is 6. The SMILES string of the molecule is CO[C@@H]1C[C@@H](c2nnc3cnccn23)N(C(=O)CN2CCC(C)CC2)C1. The van der Waals surface area contributed by atoms with Crippen LogP contribution in [-0.4, -0.2) is 74.7 Å². The van der Waals surface area contributed by atoms with Gasteiger partial charge in [0.25, 0.3) is 0 Å². The van der Waals surface area contributed by atoms with Gasteiger partial charge >= 0.3 is 0 Å². The summed E-state index contributed by atoms with van der Waals surface area (Å²) in [6.07, 6.45) is 8.34. The van der Waals surface area contributed by atoms with Gasteiger partial charge in [0.15, 0.2) is 11.5 Å². The molecular formula is C18H26N6O2. The molecule has 0 aliphatic carbocycles. The monoisotopic (exact) mass is 358 g/mol. The molecule has 0 N–H and O–H groups in total. The fourth-order valence-corrected chi connectivity index (χ4v) is 3.99. The van der Waals surface area contributed by atoms with Gasteiger partial charge in [-0.3, -0.25) is 19.1 Å². The summed E-state index contributed by atoms with van der Waals surface area (Å²) in [6, 6.07) is -0.117. The summed E-state index contributed by atoms with van der Waals surface area (Å²) in [5.74, 6) is 1.69. The summed E-state index contributed by atoms with van der Waals surface area (Å²) in [6.45, 7) is 5.35. The molecule has 8 nitrogen and oxygen atoms in total. The highest BCUT2D eigenvalue weighted by molar-refractivity contribution is 5.79. The van der Waals surface area contributed by atoms with Crippen molar-refractivity contribution in [1.82, 2.24) is 29.4 Å². The van der Waals surface area contributed by atoms with Crippen LogP contribution in [0.3, 0.4) is 0 Å². The van der Waals surface area contributed by atoms with Crippen molar-refractivity contribution in [3.05, 3.63) is 24.4 Å². The van der Waals surface area contributed by atoms with E-state index in [0.29, 0.717) is 18.7 Å². The molecule has 0 aromatic carbocycles. The lowest BCUT2D eigenvalue weighted by atomic mass is 9.99. The molecular weight excluding hydrogens is 332 g/mol. The third kappa shape index (κ3) is 3.31. The summed E-state index contributed by atoms with van der Waals surface area (Å²) in [7, 11) is 1.70. The lowest BCUT2D eigenvalue weighted by Crippen LogP contribution is -2.43. The van der Waals surface area contributed by atoms with Crippen molar-refractivity contribution in [3.8, 4) is 0 Å². The smallest absolute Gasteiger partial charge is 0.237 e. The Morgan fingerprint density at radius 3 is 2.88 bits per heavy atom. The van der Waals surface area contributed by atoms with Crippen LogP contribution in [0.1, 0.15) is 38.1 Å². The number of aromatic nitrogens is 4. The average Bonchev–Trinajstić information content (AvgIpc) is 3.27. The molecule has 1 amide bonds. The fraction of sp³-hybridized carbons (Fsp3) is 0.667. The summed E-state index contributed by atoms with van der Waals surface area (Å²) in [5, 5.41) is 8.54. The first-order valence-electron chi connectivity index (χ1n) is 9.35. The van der Waals surface area contributed by atoms with Gasteiger partial charge in [-0.1, -0.05) is 6.92 Å². The maximum Gasteiger partial charge on any atom is 0.237 e. The number of ether oxygens (including phenoxy) is 1. The zero-order chi connectivity index (χ0) is 18.1. The Bertz CT molecular complexity index is 770. The zero-order valence-corrected chi connectivity index (χ0v) is 15.4. The minimum Gasteiger partial charge on any atom is -0.380 e. The fourth-order valence-electron chi connectivity index (χ4n) is 3.99. The highest BCUT2D eigenvalue weighted by Gasteiger charge is 2.39. The maximum absolute atomic E-state index is 13.1. The van der Waals surface area contributed by atoms with Gasteiger partial charge < -0.3 is 9.64 Å². The van der Waals surface area contributed by atoms with Crippen molar-refractivity contribution in [1.29, 1.82) is 0 Å². The minimum absolute atomic E-state index is 0.0273. The van der Waals surface area contributed by atoms with Crippen molar-refractivity contribution < 1.29 is 9.53 Å². The molecule has 2 aliphatic rings. The standard InChI is InChI=1S/C18H26N6O2/c1-13-3-6-22(7-4-13)12-17(25)24-11-14(26-2)9-15(24)18-21-20-16-10-19-5-8-23(16)18/h5,8,10,13-15H,3-4,6-7,9,11-12H2,1-2H3/t14-,15+/m1/s1. The van der Waals surface area contributed by atoms with Crippen LogP contribution in [0.5, 0.6) is 0 Å². The van der Waals surface area contributed by atoms with E-state index in [1.807, 2.05) is 15.5 Å². The quantitative estimate of drug-likeness (QED) is 0.816. The van der Waals surface area contributed by atoms with Crippen molar-refractivity contribution in [2.75, 3.05) is 33.3 Å². The number of methoxy groups -OCH3 is 1. The third-order valence-corrected chi connectivity index (χ3v) is 5.69. The number of piperidine rings is 1. The zero-order valence-electron chi connectivity index (χ0n) is 15.4. The molecule has 2 saturated heterocycles. The second-order valence-corrected chi connectivity index (χ2v) is 7.48. The van der Waals surface area contributed by atoms with Gasteiger partial charge in [-0.15, -0.1) is 10.2 Å². The largest absolute Gasteiger partial charge is 0.380 e. The normalized spacial score (nSPS) is 25.2. The molecule has 0 saturated carbocycles. The first-order chi connectivity index (χ1) is 12.7. The first kappa shape index (κ1) is 17.4. The van der Waals surface area contributed by atoms with Gasteiger partial charge in [0.05, 0.1) is 24.9 Å². The molecule has 0 bridgehead atoms. The number of likely N-dealkylation sites (tertiary alicyclic amines) is 2. The van der Waals surface area contributed by atoms with Crippen molar-refractivity contribution in [2.45, 2.75) is 38.3 Å². The number of fused-ring (bicyclic) bond motifs is 1. The van der Waals surface area contributed by atoms with E-state index >= 15 is 0 Å². The van der Waals surface area contributed by atoms with Crippen LogP contribution in [0, 0.1) is 5.92 Å². The molecule has 2 aromatic rings. The molecule has 2 aromatic heterocycles. The highest BCUT2D eigenvalue weighted by Crippen LogP contribution is 2.32. The molecule has 0 radical (unpaired) electrons. The van der Waals surface area contributed by atoms with Crippen LogP contribution in [0.15, 0.2) is 18.6 Å². The summed E-state index contributed by atoms with van der Waals surface area (Å²) < 4.78 is 7.47. The van der Waals surface area contributed by atoms with Gasteiger partial charge in [-0.2, -0.15) is 0 Å². The van der Waals surface area contributed by atoms with E-state index in [4.69, 9.17) is 4.74 Å². The number of carbonyl (C=O) groups excluding carboxylic acids is 1. The van der Waals surface area contributed by atoms with E-state index in [2.05, 4.69) is 27.0 Å². The Hall–Kier alpha value is -2.06. The van der Waals surface area contributed by atoms with Crippen LogP contribution in [-0.2, 0) is 9.53 Å². The number of carbonyl (C=O) groups is 1. The van der Waals surface area contributed by atoms with Gasteiger partial charge in [0.2, 0.25) is 5.91 Å². The van der Waals surface area contributed by atoms with E-state index in [0.717, 1.165) is 31.3 Å². The molecule has 0 spiro atoms. The molecule has 2 atom stereocenters. The van der Waals surface area contributed by atoms with Gasteiger partial charge in [-0.05, 0) is 31.8 Å². The predicted molar refractivity (Wildman–Crippen MR) is 95.5 cm³/mol. The minimum atomic E-state index is -0.117. The van der Waals surface area contributed by atoms with Crippen molar-refractivity contribution in [2.24, 2.45) is 5.92 Å². The Morgan fingerprint density at radius 2 is 2.12 bits per heavy atom. The third-order valence-electron chi connectivity index (χ3n) is 5.69. The Kier molecular flexibility index (Phi) is 4.86. The van der Waals surface area contributed by atoms with E-state index < -0.39 is 0 Å². The number of hydrogen-bond acceptors (Lipinski definition) is 6.